The highest BCUT2D eigenvalue weighted by Crippen LogP contribution is 2.25. The smallest absolute Gasteiger partial charge is 0.310 e. The zero-order valence-corrected chi connectivity index (χ0v) is 12.2. The topological polar surface area (TPSA) is 67.4 Å². The van der Waals surface area contributed by atoms with Crippen molar-refractivity contribution in [3.63, 3.8) is 0 Å². The number of rotatable bonds is 5. The maximum Gasteiger partial charge on any atom is 0.310 e. The number of ether oxygens (including phenoxy) is 1. The highest BCUT2D eigenvalue weighted by atomic mass is 19.3. The van der Waals surface area contributed by atoms with Gasteiger partial charge in [0, 0.05) is 12.1 Å². The molecule has 2 rings (SSSR count). The van der Waals surface area contributed by atoms with Gasteiger partial charge in [-0.05, 0) is 24.6 Å². The van der Waals surface area contributed by atoms with Gasteiger partial charge in [-0.3, -0.25) is 14.9 Å². The van der Waals surface area contributed by atoms with E-state index in [0.29, 0.717) is 17.9 Å². The fourth-order valence-electron chi connectivity index (χ4n) is 2.27. The Morgan fingerprint density at radius 1 is 1.45 bits per heavy atom. The van der Waals surface area contributed by atoms with Crippen LogP contribution in [-0.2, 0) is 20.7 Å². The molecule has 1 aromatic carbocycles. The van der Waals surface area contributed by atoms with E-state index in [4.69, 9.17) is 4.74 Å². The normalized spacial score (nSPS) is 19.7. The van der Waals surface area contributed by atoms with Crippen LogP contribution in [-0.4, -0.2) is 37.0 Å². The number of carbonyl (C=O) groups is 2. The summed E-state index contributed by atoms with van der Waals surface area (Å²) in [6.45, 7) is 1.53. The molecule has 2 N–H and O–H groups in total. The summed E-state index contributed by atoms with van der Waals surface area (Å²) in [5.41, 5.74) is 1.14. The van der Waals surface area contributed by atoms with E-state index in [2.05, 4.69) is 10.6 Å². The Morgan fingerprint density at radius 3 is 2.86 bits per heavy atom. The van der Waals surface area contributed by atoms with Crippen molar-refractivity contribution in [3.8, 4) is 0 Å². The molecule has 1 amide bonds. The predicted octanol–water partition coefficient (Wildman–Crippen LogP) is 1.73. The fourth-order valence-corrected chi connectivity index (χ4v) is 2.27. The summed E-state index contributed by atoms with van der Waals surface area (Å²) in [5, 5.41) is 5.07. The van der Waals surface area contributed by atoms with E-state index in [0.717, 1.165) is 0 Å². The van der Waals surface area contributed by atoms with Crippen LogP contribution >= 0.6 is 0 Å². The molecule has 1 aromatic rings. The quantitative estimate of drug-likeness (QED) is 0.813. The summed E-state index contributed by atoms with van der Waals surface area (Å²) in [4.78, 5) is 23.4. The number of halogens is 2. The van der Waals surface area contributed by atoms with Gasteiger partial charge in [-0.1, -0.05) is 12.1 Å². The highest BCUT2D eigenvalue weighted by Gasteiger charge is 2.42. The average molecular weight is 312 g/mol. The van der Waals surface area contributed by atoms with Crippen LogP contribution in [0.1, 0.15) is 18.9 Å². The van der Waals surface area contributed by atoms with E-state index in [1.165, 1.54) is 0 Å². The first-order valence-corrected chi connectivity index (χ1v) is 7.06. The van der Waals surface area contributed by atoms with E-state index >= 15 is 0 Å². The van der Waals surface area contributed by atoms with Crippen molar-refractivity contribution in [1.29, 1.82) is 0 Å². The maximum atomic E-state index is 13.1. The maximum absolute atomic E-state index is 13.1. The second-order valence-electron chi connectivity index (χ2n) is 5.16. The number of anilines is 1. The highest BCUT2D eigenvalue weighted by molar-refractivity contribution is 5.95. The standard InChI is InChI=1S/C15H18F2N2O3/c1-2-22-13(20)7-10-4-3-5-11(6-10)19-14(21)12-8-15(16,17)9-18-12/h3-6,12,18H,2,7-9H2,1H3,(H,19,21). The van der Waals surface area contributed by atoms with Gasteiger partial charge in [-0.25, -0.2) is 8.78 Å². The minimum Gasteiger partial charge on any atom is -0.466 e. The molecule has 1 saturated heterocycles. The minimum absolute atomic E-state index is 0.0945. The number of alkyl halides is 2. The Bertz CT molecular complexity index is 563. The van der Waals surface area contributed by atoms with Crippen LogP contribution < -0.4 is 10.6 Å². The van der Waals surface area contributed by atoms with E-state index in [1.54, 1.807) is 31.2 Å². The Kier molecular flexibility index (Phi) is 5.07. The fraction of sp³-hybridized carbons (Fsp3) is 0.467. The molecule has 22 heavy (non-hydrogen) atoms. The molecule has 1 atom stereocenters. The van der Waals surface area contributed by atoms with Crippen molar-refractivity contribution in [2.45, 2.75) is 31.7 Å². The van der Waals surface area contributed by atoms with Crippen molar-refractivity contribution in [3.05, 3.63) is 29.8 Å². The third kappa shape index (κ3) is 4.49. The van der Waals surface area contributed by atoms with Gasteiger partial charge in [0.15, 0.2) is 0 Å². The number of esters is 1. The summed E-state index contributed by atoms with van der Waals surface area (Å²) in [7, 11) is 0. The van der Waals surface area contributed by atoms with Gasteiger partial charge in [-0.15, -0.1) is 0 Å². The predicted molar refractivity (Wildman–Crippen MR) is 76.8 cm³/mol. The summed E-state index contributed by atoms with van der Waals surface area (Å²) < 4.78 is 31.0. The Morgan fingerprint density at radius 2 is 2.23 bits per heavy atom. The van der Waals surface area contributed by atoms with E-state index < -0.39 is 30.8 Å². The zero-order valence-electron chi connectivity index (χ0n) is 12.2. The van der Waals surface area contributed by atoms with Crippen molar-refractivity contribution >= 4 is 17.6 Å². The minimum atomic E-state index is -2.85. The third-order valence-corrected chi connectivity index (χ3v) is 3.27. The first-order chi connectivity index (χ1) is 10.4. The van der Waals surface area contributed by atoms with Crippen molar-refractivity contribution in [1.82, 2.24) is 5.32 Å². The lowest BCUT2D eigenvalue weighted by Gasteiger charge is -2.12. The van der Waals surface area contributed by atoms with Crippen molar-refractivity contribution in [2.75, 3.05) is 18.5 Å². The largest absolute Gasteiger partial charge is 0.466 e. The number of nitrogens with one attached hydrogen (secondary N) is 2. The Labute approximate surface area is 127 Å². The van der Waals surface area contributed by atoms with Gasteiger partial charge in [0.2, 0.25) is 5.91 Å². The van der Waals surface area contributed by atoms with Gasteiger partial charge >= 0.3 is 5.97 Å². The van der Waals surface area contributed by atoms with Gasteiger partial charge < -0.3 is 10.1 Å². The number of carbonyl (C=O) groups excluding carboxylic acids is 2. The zero-order chi connectivity index (χ0) is 16.2. The monoisotopic (exact) mass is 312 g/mol. The Balaban J connectivity index is 1.95. The van der Waals surface area contributed by atoms with Gasteiger partial charge in [-0.2, -0.15) is 0 Å². The molecule has 0 aliphatic carbocycles. The number of hydrogen-bond donors (Lipinski definition) is 2. The molecule has 0 bridgehead atoms. The van der Waals surface area contributed by atoms with Gasteiger partial charge in [0.1, 0.15) is 0 Å². The molecule has 0 saturated carbocycles. The molecule has 0 radical (unpaired) electrons. The molecular weight excluding hydrogens is 294 g/mol. The molecule has 1 aliphatic heterocycles. The van der Waals surface area contributed by atoms with Crippen LogP contribution in [0.3, 0.4) is 0 Å². The molecule has 1 aliphatic rings. The second-order valence-corrected chi connectivity index (χ2v) is 5.16. The summed E-state index contributed by atoms with van der Waals surface area (Å²) in [6, 6.07) is 5.76. The van der Waals surface area contributed by atoms with Crippen LogP contribution in [0, 0.1) is 0 Å². The van der Waals surface area contributed by atoms with Gasteiger partial charge in [0.05, 0.1) is 25.6 Å². The lowest BCUT2D eigenvalue weighted by atomic mass is 10.1. The van der Waals surface area contributed by atoms with Crippen molar-refractivity contribution < 1.29 is 23.1 Å². The average Bonchev–Trinajstić information content (AvgIpc) is 2.80. The first-order valence-electron chi connectivity index (χ1n) is 7.06. The molecule has 120 valence electrons. The van der Waals surface area contributed by atoms with E-state index in [1.807, 2.05) is 0 Å². The summed E-state index contributed by atoms with van der Waals surface area (Å²) in [6.07, 6.45) is -0.418. The molecule has 0 spiro atoms. The number of benzene rings is 1. The SMILES string of the molecule is CCOC(=O)Cc1cccc(NC(=O)C2CC(F)(F)CN2)c1. The van der Waals surface area contributed by atoms with Crippen LogP contribution in [0.2, 0.25) is 0 Å². The summed E-state index contributed by atoms with van der Waals surface area (Å²) in [5.74, 6) is -3.72. The molecule has 5 nitrogen and oxygen atoms in total. The molecule has 1 fully saturated rings. The van der Waals surface area contributed by atoms with Gasteiger partial charge in [0.25, 0.3) is 5.92 Å². The lowest BCUT2D eigenvalue weighted by molar-refractivity contribution is -0.142. The lowest BCUT2D eigenvalue weighted by Crippen LogP contribution is -2.35. The molecule has 1 unspecified atom stereocenters. The number of amides is 1. The molecule has 7 heteroatoms. The number of hydrogen-bond acceptors (Lipinski definition) is 4. The third-order valence-electron chi connectivity index (χ3n) is 3.27. The van der Waals surface area contributed by atoms with Crippen LogP contribution in [0.5, 0.6) is 0 Å². The Hall–Kier alpha value is -2.02. The first kappa shape index (κ1) is 16.4. The van der Waals surface area contributed by atoms with E-state index in [9.17, 15) is 18.4 Å². The van der Waals surface area contributed by atoms with Crippen molar-refractivity contribution in [2.24, 2.45) is 0 Å². The molecule has 0 aromatic heterocycles. The summed E-state index contributed by atoms with van der Waals surface area (Å²) >= 11 is 0. The molecule has 1 heterocycles. The van der Waals surface area contributed by atoms with Crippen LogP contribution in [0.15, 0.2) is 24.3 Å². The van der Waals surface area contributed by atoms with E-state index in [-0.39, 0.29) is 12.4 Å². The van der Waals surface area contributed by atoms with Crippen LogP contribution in [0.4, 0.5) is 14.5 Å². The van der Waals surface area contributed by atoms with Crippen LogP contribution in [0.25, 0.3) is 0 Å². The second kappa shape index (κ2) is 6.83. The molecular formula is C15H18F2N2O3.